The summed E-state index contributed by atoms with van der Waals surface area (Å²) in [5, 5.41) is 121. The van der Waals surface area contributed by atoms with Gasteiger partial charge in [0.25, 0.3) is 0 Å². The van der Waals surface area contributed by atoms with Crippen molar-refractivity contribution in [2.75, 3.05) is 26.4 Å². The molecule has 3 saturated heterocycles. The molecule has 3 fully saturated rings. The molecular formula is C85H159NO18. The zero-order chi connectivity index (χ0) is 75.3. The van der Waals surface area contributed by atoms with E-state index in [1.807, 2.05) is 6.08 Å². The number of hydrogen-bond acceptors (Lipinski definition) is 18. The van der Waals surface area contributed by atoms with Gasteiger partial charge in [-0.2, -0.15) is 0 Å². The van der Waals surface area contributed by atoms with Crippen molar-refractivity contribution in [1.29, 1.82) is 0 Å². The molecule has 3 aliphatic heterocycles. The van der Waals surface area contributed by atoms with Crippen LogP contribution in [0.15, 0.2) is 36.5 Å². The minimum atomic E-state index is -1.98. The number of aliphatic hydroxyl groups excluding tert-OH is 11. The van der Waals surface area contributed by atoms with Crippen LogP contribution in [0.2, 0.25) is 0 Å². The summed E-state index contributed by atoms with van der Waals surface area (Å²) in [6.07, 6.45) is 55.8. The van der Waals surface area contributed by atoms with Crippen molar-refractivity contribution < 1.29 is 89.4 Å². The number of allylic oxidation sites excluding steroid dienone is 5. The lowest BCUT2D eigenvalue weighted by molar-refractivity contribution is -0.379. The van der Waals surface area contributed by atoms with Gasteiger partial charge in [-0.05, 0) is 57.8 Å². The van der Waals surface area contributed by atoms with Crippen LogP contribution in [0.1, 0.15) is 367 Å². The summed E-state index contributed by atoms with van der Waals surface area (Å²) in [6, 6.07) is -0.990. The van der Waals surface area contributed by atoms with Crippen LogP contribution in [-0.2, 0) is 33.2 Å². The van der Waals surface area contributed by atoms with Crippen LogP contribution in [0.4, 0.5) is 0 Å². The number of carbonyl (C=O) groups is 1. The summed E-state index contributed by atoms with van der Waals surface area (Å²) in [5.41, 5.74) is 0. The van der Waals surface area contributed by atoms with Crippen molar-refractivity contribution in [1.82, 2.24) is 5.32 Å². The quantitative estimate of drug-likeness (QED) is 0.0199. The van der Waals surface area contributed by atoms with Crippen molar-refractivity contribution in [3.8, 4) is 0 Å². The predicted molar refractivity (Wildman–Crippen MR) is 416 cm³/mol. The number of amides is 1. The molecule has 0 aromatic carbocycles. The largest absolute Gasteiger partial charge is 0.394 e. The second kappa shape index (κ2) is 65.7. The van der Waals surface area contributed by atoms with Crippen LogP contribution >= 0.6 is 0 Å². The zero-order valence-electron chi connectivity index (χ0n) is 65.8. The average molecular weight is 1480 g/mol. The number of hydrogen-bond donors (Lipinski definition) is 12. The Morgan fingerprint density at radius 3 is 0.962 bits per heavy atom. The van der Waals surface area contributed by atoms with Gasteiger partial charge in [0.2, 0.25) is 5.91 Å². The summed E-state index contributed by atoms with van der Waals surface area (Å²) in [5.74, 6) is -0.278. The molecule has 612 valence electrons. The third-order valence-corrected chi connectivity index (χ3v) is 21.7. The van der Waals surface area contributed by atoms with E-state index in [1.54, 1.807) is 6.08 Å². The molecule has 19 nitrogen and oxygen atoms in total. The standard InChI is InChI=1S/C85H159NO18/c1-3-5-7-9-11-13-15-17-19-21-23-25-27-29-31-32-33-34-35-36-37-39-41-43-45-47-49-51-53-55-57-59-61-63-73(91)86-68(69(90)62-60-58-56-54-52-50-48-46-44-42-40-38-30-28-26-24-22-20-18-16-14-12-10-8-6-4-2)67-99-83-79(97)76(94)81(71(65-88)101-83)104-85-80(98)77(95)82(72(66-89)102-85)103-84-78(96)75(93)74(92)70(64-87)100-84/h21,23,52,54,60,62,68-72,74-85,87-90,92-98H,3-20,22,24-51,53,55-59,61,63-67H2,1-2H3,(H,86,91)/b23-21-,54-52+,62-60+. The first-order valence-corrected chi connectivity index (χ1v) is 43.2. The first-order chi connectivity index (χ1) is 50.8. The molecule has 104 heavy (non-hydrogen) atoms. The highest BCUT2D eigenvalue weighted by molar-refractivity contribution is 5.76. The molecular weight excluding hydrogens is 1320 g/mol. The van der Waals surface area contributed by atoms with Gasteiger partial charge in [0.1, 0.15) is 73.2 Å². The first kappa shape index (κ1) is 96.2. The molecule has 17 unspecified atom stereocenters. The average Bonchev–Trinajstić information content (AvgIpc) is 0.783. The Hall–Kier alpha value is -1.99. The van der Waals surface area contributed by atoms with Gasteiger partial charge in [0, 0.05) is 6.42 Å². The number of aliphatic hydroxyl groups is 11. The van der Waals surface area contributed by atoms with Crippen LogP contribution in [0.5, 0.6) is 0 Å². The fraction of sp³-hybridized carbons (Fsp3) is 0.918. The molecule has 3 aliphatic rings. The summed E-state index contributed by atoms with van der Waals surface area (Å²) in [6.45, 7) is 1.78. The summed E-state index contributed by atoms with van der Waals surface area (Å²) < 4.78 is 34.5. The fourth-order valence-corrected chi connectivity index (χ4v) is 14.7. The van der Waals surface area contributed by atoms with E-state index in [0.29, 0.717) is 12.8 Å². The molecule has 0 aromatic heterocycles. The molecule has 3 heterocycles. The highest BCUT2D eigenvalue weighted by atomic mass is 16.8. The molecule has 0 radical (unpaired) electrons. The van der Waals surface area contributed by atoms with Crippen LogP contribution < -0.4 is 5.32 Å². The Bertz CT molecular complexity index is 2020. The van der Waals surface area contributed by atoms with Gasteiger partial charge in [-0.1, -0.05) is 339 Å². The molecule has 3 rings (SSSR count). The lowest BCUT2D eigenvalue weighted by atomic mass is 9.96. The van der Waals surface area contributed by atoms with E-state index >= 15 is 0 Å². The van der Waals surface area contributed by atoms with E-state index in [9.17, 15) is 61.0 Å². The molecule has 12 N–H and O–H groups in total. The number of rotatable bonds is 70. The number of ether oxygens (including phenoxy) is 6. The van der Waals surface area contributed by atoms with Crippen molar-refractivity contribution >= 4 is 5.91 Å². The molecule has 19 heteroatoms. The minimum absolute atomic E-state index is 0.240. The first-order valence-electron chi connectivity index (χ1n) is 43.2. The molecule has 17 atom stereocenters. The Balaban J connectivity index is 1.35. The molecule has 0 spiro atoms. The van der Waals surface area contributed by atoms with E-state index in [4.69, 9.17) is 28.4 Å². The molecule has 0 aliphatic carbocycles. The molecule has 1 amide bonds. The van der Waals surface area contributed by atoms with Crippen LogP contribution in [0.3, 0.4) is 0 Å². The topological polar surface area (TPSA) is 307 Å². The summed E-state index contributed by atoms with van der Waals surface area (Å²) >= 11 is 0. The van der Waals surface area contributed by atoms with Gasteiger partial charge in [-0.25, -0.2) is 0 Å². The zero-order valence-corrected chi connectivity index (χ0v) is 65.8. The van der Waals surface area contributed by atoms with Gasteiger partial charge < -0.3 is 89.9 Å². The Kier molecular flexibility index (Phi) is 60.8. The normalized spacial score (nSPS) is 26.0. The molecule has 0 bridgehead atoms. The Labute approximate surface area is 631 Å². The number of nitrogens with one attached hydrogen (secondary N) is 1. The van der Waals surface area contributed by atoms with Gasteiger partial charge >= 0.3 is 0 Å². The van der Waals surface area contributed by atoms with E-state index in [1.165, 1.54) is 295 Å². The number of carbonyl (C=O) groups excluding carboxylic acids is 1. The molecule has 0 saturated carbocycles. The third-order valence-electron chi connectivity index (χ3n) is 21.7. The second-order valence-corrected chi connectivity index (χ2v) is 31.0. The Morgan fingerprint density at radius 2 is 0.615 bits per heavy atom. The SMILES string of the molecule is CCCCCCCCCC/C=C\CCCCCCCCCCCCCCCCCCCCCCCC(=O)NC(COC1OC(CO)C(OC2OC(CO)C(OC3OC(CO)C(O)C(O)C3O)C(O)C2O)C(O)C1O)C(O)/C=C/CC/C=C/CCCCCCCCCCCCCCCCCCCCCC. The van der Waals surface area contributed by atoms with Crippen molar-refractivity contribution in [2.45, 2.75) is 471 Å². The summed E-state index contributed by atoms with van der Waals surface area (Å²) in [7, 11) is 0. The molecule has 0 aromatic rings. The predicted octanol–water partition coefficient (Wildman–Crippen LogP) is 15.5. The lowest BCUT2D eigenvalue weighted by Gasteiger charge is -2.48. The van der Waals surface area contributed by atoms with Crippen LogP contribution in [0, 0.1) is 0 Å². The highest BCUT2D eigenvalue weighted by Gasteiger charge is 2.54. The van der Waals surface area contributed by atoms with Crippen molar-refractivity contribution in [3.05, 3.63) is 36.5 Å². The monoisotopic (exact) mass is 1480 g/mol. The van der Waals surface area contributed by atoms with Crippen LogP contribution in [-0.4, -0.2) is 193 Å². The van der Waals surface area contributed by atoms with Gasteiger partial charge in [-0.3, -0.25) is 4.79 Å². The highest BCUT2D eigenvalue weighted by Crippen LogP contribution is 2.33. The maximum Gasteiger partial charge on any atom is 0.220 e. The smallest absolute Gasteiger partial charge is 0.220 e. The van der Waals surface area contributed by atoms with Crippen LogP contribution in [0.25, 0.3) is 0 Å². The van der Waals surface area contributed by atoms with Crippen molar-refractivity contribution in [3.63, 3.8) is 0 Å². The second-order valence-electron chi connectivity index (χ2n) is 31.0. The Morgan fingerprint density at radius 1 is 0.337 bits per heavy atom. The van der Waals surface area contributed by atoms with Gasteiger partial charge in [-0.15, -0.1) is 0 Å². The van der Waals surface area contributed by atoms with E-state index in [2.05, 4.69) is 43.5 Å². The number of unbranched alkanes of at least 4 members (excludes halogenated alkanes) is 50. The van der Waals surface area contributed by atoms with Gasteiger partial charge in [0.05, 0.1) is 38.6 Å². The maximum absolute atomic E-state index is 13.5. The van der Waals surface area contributed by atoms with E-state index in [-0.39, 0.29) is 18.9 Å². The van der Waals surface area contributed by atoms with Crippen molar-refractivity contribution in [2.24, 2.45) is 0 Å². The fourth-order valence-electron chi connectivity index (χ4n) is 14.7. The summed E-state index contributed by atoms with van der Waals surface area (Å²) in [4.78, 5) is 13.5. The lowest BCUT2D eigenvalue weighted by Crippen LogP contribution is -2.66. The van der Waals surface area contributed by atoms with Gasteiger partial charge in [0.15, 0.2) is 18.9 Å². The third kappa shape index (κ3) is 44.8. The van der Waals surface area contributed by atoms with E-state index < -0.39 is 124 Å². The minimum Gasteiger partial charge on any atom is -0.394 e. The van der Waals surface area contributed by atoms with E-state index in [0.717, 1.165) is 38.5 Å². The maximum atomic E-state index is 13.5.